The zero-order valence-electron chi connectivity index (χ0n) is 17.2. The van der Waals surface area contributed by atoms with Gasteiger partial charge in [0.05, 0.1) is 12.2 Å². The Hall–Kier alpha value is -3.84. The van der Waals surface area contributed by atoms with E-state index in [1.165, 1.54) is 0 Å². The molecular weight excluding hydrogens is 426 g/mol. The first-order valence-corrected chi connectivity index (χ1v) is 10.6. The summed E-state index contributed by atoms with van der Waals surface area (Å²) in [7, 11) is 0. The molecule has 0 aliphatic carbocycles. The second-order valence-corrected chi connectivity index (χ2v) is 8.04. The highest BCUT2D eigenvalue weighted by Crippen LogP contribution is 2.35. The number of aromatic nitrogens is 3. The summed E-state index contributed by atoms with van der Waals surface area (Å²) in [5.41, 5.74) is 4.79. The van der Waals surface area contributed by atoms with E-state index in [4.69, 9.17) is 26.2 Å². The Morgan fingerprint density at radius 3 is 2.62 bits per heavy atom. The number of hydrogen-bond acceptors (Lipinski definition) is 6. The van der Waals surface area contributed by atoms with E-state index in [0.717, 1.165) is 45.4 Å². The molecule has 0 bridgehead atoms. The Morgan fingerprint density at radius 2 is 1.75 bits per heavy atom. The van der Waals surface area contributed by atoms with Gasteiger partial charge in [-0.25, -0.2) is 5.01 Å². The lowest BCUT2D eigenvalue weighted by Gasteiger charge is -2.18. The summed E-state index contributed by atoms with van der Waals surface area (Å²) in [6, 6.07) is 21.8. The second kappa shape index (κ2) is 7.39. The number of hydrogen-bond donors (Lipinski definition) is 0. The van der Waals surface area contributed by atoms with E-state index >= 15 is 0 Å². The number of para-hydroxylation sites is 1. The Morgan fingerprint density at radius 1 is 0.938 bits per heavy atom. The van der Waals surface area contributed by atoms with Crippen LogP contribution in [0.15, 0.2) is 71.8 Å². The van der Waals surface area contributed by atoms with Gasteiger partial charge in [-0.15, -0.1) is 10.2 Å². The van der Waals surface area contributed by atoms with Gasteiger partial charge in [0, 0.05) is 16.1 Å². The molecule has 0 saturated heterocycles. The fraction of sp³-hybridized carbons (Fsp3) is 0.125. The number of rotatable bonds is 3. The van der Waals surface area contributed by atoms with Crippen LogP contribution in [0.2, 0.25) is 5.02 Å². The predicted octanol–water partition coefficient (Wildman–Crippen LogP) is 4.73. The Balaban J connectivity index is 1.52. The molecule has 3 aromatic carbocycles. The van der Waals surface area contributed by atoms with Crippen LogP contribution in [0.4, 0.5) is 5.95 Å². The standard InChI is InChI=1S/C24H18ClN5O2/c1-15-26-27-24-29(13-16-6-11-21-22(12-16)32-14-31-21)28-23(17-7-9-18(25)10-8-17)19-4-2-3-5-20(19)30(15)24/h2-12H,13-14H2,1H3. The summed E-state index contributed by atoms with van der Waals surface area (Å²) in [5.74, 6) is 2.92. The van der Waals surface area contributed by atoms with Crippen LogP contribution in [0.1, 0.15) is 22.5 Å². The van der Waals surface area contributed by atoms with Crippen LogP contribution < -0.4 is 14.5 Å². The number of nitrogens with zero attached hydrogens (tertiary/aromatic N) is 5. The van der Waals surface area contributed by atoms with E-state index in [2.05, 4.69) is 22.3 Å². The minimum absolute atomic E-state index is 0.240. The number of halogens is 1. The highest BCUT2D eigenvalue weighted by molar-refractivity contribution is 6.30. The molecule has 2 aliphatic heterocycles. The summed E-state index contributed by atoms with van der Waals surface area (Å²) in [5, 5.41) is 16.4. The molecular formula is C24H18ClN5O2. The number of fused-ring (bicyclic) bond motifs is 4. The maximum atomic E-state index is 6.15. The molecule has 6 rings (SSSR count). The third-order valence-corrected chi connectivity index (χ3v) is 5.80. The predicted molar refractivity (Wildman–Crippen MR) is 122 cm³/mol. The molecule has 1 aromatic heterocycles. The van der Waals surface area contributed by atoms with Crippen molar-refractivity contribution in [2.24, 2.45) is 5.10 Å². The van der Waals surface area contributed by atoms with Gasteiger partial charge >= 0.3 is 0 Å². The van der Waals surface area contributed by atoms with Gasteiger partial charge in [0.2, 0.25) is 6.79 Å². The summed E-state index contributed by atoms with van der Waals surface area (Å²) in [6.07, 6.45) is 0. The number of hydrazone groups is 1. The molecule has 0 unspecified atom stereocenters. The monoisotopic (exact) mass is 443 g/mol. The molecule has 0 saturated carbocycles. The van der Waals surface area contributed by atoms with Crippen molar-refractivity contribution < 1.29 is 9.47 Å². The largest absolute Gasteiger partial charge is 0.454 e. The summed E-state index contributed by atoms with van der Waals surface area (Å²) in [6.45, 7) is 2.67. The van der Waals surface area contributed by atoms with Gasteiger partial charge in [-0.1, -0.05) is 48.0 Å². The molecule has 3 heterocycles. The normalized spacial score (nSPS) is 13.9. The SMILES string of the molecule is Cc1nnc2n1-c1ccccc1C(c1ccc(Cl)cc1)=NN2Cc1ccc2c(c1)OCO2. The molecule has 32 heavy (non-hydrogen) atoms. The molecule has 0 spiro atoms. The molecule has 8 heteroatoms. The molecule has 0 radical (unpaired) electrons. The summed E-state index contributed by atoms with van der Waals surface area (Å²) < 4.78 is 13.0. The van der Waals surface area contributed by atoms with Crippen LogP contribution in [0.5, 0.6) is 11.5 Å². The minimum atomic E-state index is 0.240. The fourth-order valence-corrected chi connectivity index (χ4v) is 4.15. The highest BCUT2D eigenvalue weighted by atomic mass is 35.5. The van der Waals surface area contributed by atoms with Crippen molar-refractivity contribution in [3.8, 4) is 17.2 Å². The fourth-order valence-electron chi connectivity index (χ4n) is 4.03. The first kappa shape index (κ1) is 18.9. The van der Waals surface area contributed by atoms with Gasteiger partial charge in [-0.2, -0.15) is 5.10 Å². The van der Waals surface area contributed by atoms with Crippen molar-refractivity contribution in [2.45, 2.75) is 13.5 Å². The number of aryl methyl sites for hydroxylation is 1. The number of ether oxygens (including phenoxy) is 2. The van der Waals surface area contributed by atoms with E-state index in [9.17, 15) is 0 Å². The molecule has 4 aromatic rings. The van der Waals surface area contributed by atoms with Crippen molar-refractivity contribution in [1.82, 2.24) is 14.8 Å². The summed E-state index contributed by atoms with van der Waals surface area (Å²) >= 11 is 6.15. The third kappa shape index (κ3) is 3.09. The zero-order chi connectivity index (χ0) is 21.7. The third-order valence-electron chi connectivity index (χ3n) is 5.55. The van der Waals surface area contributed by atoms with Gasteiger partial charge in [0.1, 0.15) is 11.5 Å². The number of benzene rings is 3. The van der Waals surface area contributed by atoms with E-state index in [1.54, 1.807) is 0 Å². The Bertz CT molecular complexity index is 1360. The molecule has 0 amide bonds. The van der Waals surface area contributed by atoms with Gasteiger partial charge in [0.25, 0.3) is 5.95 Å². The van der Waals surface area contributed by atoms with Crippen LogP contribution in [0.25, 0.3) is 5.69 Å². The van der Waals surface area contributed by atoms with Crippen molar-refractivity contribution in [1.29, 1.82) is 0 Å². The van der Waals surface area contributed by atoms with Crippen molar-refractivity contribution >= 4 is 23.3 Å². The van der Waals surface area contributed by atoms with Crippen LogP contribution in [0, 0.1) is 6.92 Å². The second-order valence-electron chi connectivity index (χ2n) is 7.60. The van der Waals surface area contributed by atoms with Gasteiger partial charge in [-0.05, 0) is 42.8 Å². The van der Waals surface area contributed by atoms with Crippen LogP contribution in [-0.2, 0) is 6.54 Å². The molecule has 158 valence electrons. The molecule has 7 nitrogen and oxygen atoms in total. The Kier molecular flexibility index (Phi) is 4.36. The highest BCUT2D eigenvalue weighted by Gasteiger charge is 2.27. The molecule has 0 N–H and O–H groups in total. The maximum Gasteiger partial charge on any atom is 0.252 e. The van der Waals surface area contributed by atoms with Crippen LogP contribution in [-0.4, -0.2) is 27.3 Å². The Labute approximate surface area is 189 Å². The first-order valence-electron chi connectivity index (χ1n) is 10.2. The van der Waals surface area contributed by atoms with Gasteiger partial charge in [0.15, 0.2) is 11.5 Å². The minimum Gasteiger partial charge on any atom is -0.454 e. The van der Waals surface area contributed by atoms with E-state index in [-0.39, 0.29) is 6.79 Å². The van der Waals surface area contributed by atoms with Crippen molar-refractivity contribution in [2.75, 3.05) is 11.8 Å². The number of anilines is 1. The quantitative estimate of drug-likeness (QED) is 0.458. The average molecular weight is 444 g/mol. The van der Waals surface area contributed by atoms with E-state index < -0.39 is 0 Å². The van der Waals surface area contributed by atoms with Crippen molar-refractivity contribution in [3.05, 3.63) is 94.3 Å². The molecule has 0 atom stereocenters. The maximum absolute atomic E-state index is 6.15. The lowest BCUT2D eigenvalue weighted by atomic mass is 10.0. The van der Waals surface area contributed by atoms with Crippen LogP contribution in [0.3, 0.4) is 0 Å². The average Bonchev–Trinajstić information content (AvgIpc) is 3.40. The van der Waals surface area contributed by atoms with Gasteiger partial charge < -0.3 is 9.47 Å². The smallest absolute Gasteiger partial charge is 0.252 e. The zero-order valence-corrected chi connectivity index (χ0v) is 18.0. The van der Waals surface area contributed by atoms with Crippen LogP contribution >= 0.6 is 11.6 Å². The van der Waals surface area contributed by atoms with Crippen molar-refractivity contribution in [3.63, 3.8) is 0 Å². The van der Waals surface area contributed by atoms with Gasteiger partial charge in [-0.3, -0.25) is 4.57 Å². The first-order chi connectivity index (χ1) is 15.7. The van der Waals surface area contributed by atoms with E-state index in [0.29, 0.717) is 17.5 Å². The lowest BCUT2D eigenvalue weighted by molar-refractivity contribution is 0.174. The molecule has 2 aliphatic rings. The van der Waals surface area contributed by atoms with E-state index in [1.807, 2.05) is 71.1 Å². The summed E-state index contributed by atoms with van der Waals surface area (Å²) in [4.78, 5) is 0. The molecule has 0 fully saturated rings. The lowest BCUT2D eigenvalue weighted by Crippen LogP contribution is -2.20. The topological polar surface area (TPSA) is 64.8 Å².